The van der Waals surface area contributed by atoms with E-state index >= 15 is 0 Å². The SMILES string of the molecule is CC1OC(Oc2c(-c3ccc(O)cc3)oc3cc(O)ccc3c2=O)C(O)C(O)C1O. The summed E-state index contributed by atoms with van der Waals surface area (Å²) in [6.07, 6.45) is -6.81. The van der Waals surface area contributed by atoms with Gasteiger partial charge in [-0.15, -0.1) is 0 Å². The summed E-state index contributed by atoms with van der Waals surface area (Å²) < 4.78 is 16.9. The van der Waals surface area contributed by atoms with Crippen molar-refractivity contribution in [2.45, 2.75) is 37.6 Å². The van der Waals surface area contributed by atoms with Crippen LogP contribution in [0.15, 0.2) is 51.7 Å². The molecule has 3 aromatic rings. The molecule has 5 unspecified atom stereocenters. The molecule has 30 heavy (non-hydrogen) atoms. The normalized spacial score (nSPS) is 26.6. The summed E-state index contributed by atoms with van der Waals surface area (Å²) in [6.45, 7) is 1.49. The highest BCUT2D eigenvalue weighted by Gasteiger charge is 2.43. The Morgan fingerprint density at radius 2 is 1.57 bits per heavy atom. The van der Waals surface area contributed by atoms with Crippen molar-refractivity contribution in [3.8, 4) is 28.6 Å². The first kappa shape index (κ1) is 20.2. The molecule has 4 rings (SSSR count). The van der Waals surface area contributed by atoms with E-state index < -0.39 is 36.1 Å². The van der Waals surface area contributed by atoms with Crippen molar-refractivity contribution in [1.82, 2.24) is 0 Å². The molecule has 0 aliphatic carbocycles. The zero-order valence-electron chi connectivity index (χ0n) is 15.8. The summed E-state index contributed by atoms with van der Waals surface area (Å²) in [7, 11) is 0. The lowest BCUT2D eigenvalue weighted by Crippen LogP contribution is -2.58. The monoisotopic (exact) mass is 416 g/mol. The van der Waals surface area contributed by atoms with E-state index in [0.29, 0.717) is 5.56 Å². The molecule has 1 saturated heterocycles. The quantitative estimate of drug-likeness (QED) is 0.423. The third-order valence-corrected chi connectivity index (χ3v) is 5.01. The Kier molecular flexibility index (Phi) is 5.12. The van der Waals surface area contributed by atoms with E-state index in [2.05, 4.69) is 0 Å². The number of hydrogen-bond donors (Lipinski definition) is 5. The number of benzene rings is 2. The van der Waals surface area contributed by atoms with Gasteiger partial charge >= 0.3 is 0 Å². The Morgan fingerprint density at radius 1 is 0.900 bits per heavy atom. The first-order valence-corrected chi connectivity index (χ1v) is 9.22. The molecule has 5 atom stereocenters. The van der Waals surface area contributed by atoms with Gasteiger partial charge in [0.2, 0.25) is 17.5 Å². The second-order valence-corrected chi connectivity index (χ2v) is 7.12. The van der Waals surface area contributed by atoms with E-state index in [1.807, 2.05) is 0 Å². The van der Waals surface area contributed by atoms with Crippen LogP contribution in [0.3, 0.4) is 0 Å². The summed E-state index contributed by atoms with van der Waals surface area (Å²) in [5, 5.41) is 49.6. The Bertz CT molecular complexity index is 1120. The van der Waals surface area contributed by atoms with E-state index in [1.165, 1.54) is 49.4 Å². The van der Waals surface area contributed by atoms with Gasteiger partial charge in [-0.25, -0.2) is 0 Å². The van der Waals surface area contributed by atoms with Crippen LogP contribution in [-0.2, 0) is 4.74 Å². The van der Waals surface area contributed by atoms with Crippen molar-refractivity contribution in [1.29, 1.82) is 0 Å². The number of fused-ring (bicyclic) bond motifs is 1. The largest absolute Gasteiger partial charge is 0.508 e. The second kappa shape index (κ2) is 7.62. The number of aliphatic hydroxyl groups is 3. The van der Waals surface area contributed by atoms with E-state index in [4.69, 9.17) is 13.9 Å². The molecule has 0 bridgehead atoms. The number of phenolic OH excluding ortho intramolecular Hbond substituents is 2. The number of phenols is 2. The van der Waals surface area contributed by atoms with Crippen molar-refractivity contribution in [3.63, 3.8) is 0 Å². The fourth-order valence-electron chi connectivity index (χ4n) is 3.30. The van der Waals surface area contributed by atoms with Crippen LogP contribution in [-0.4, -0.2) is 56.2 Å². The maximum atomic E-state index is 13.1. The highest BCUT2D eigenvalue weighted by molar-refractivity contribution is 5.83. The van der Waals surface area contributed by atoms with Crippen molar-refractivity contribution in [3.05, 3.63) is 52.7 Å². The van der Waals surface area contributed by atoms with Crippen LogP contribution in [0.2, 0.25) is 0 Å². The van der Waals surface area contributed by atoms with Crippen molar-refractivity contribution >= 4 is 11.0 Å². The third kappa shape index (κ3) is 3.48. The third-order valence-electron chi connectivity index (χ3n) is 5.01. The maximum Gasteiger partial charge on any atom is 0.235 e. The van der Waals surface area contributed by atoms with Gasteiger partial charge < -0.3 is 39.4 Å². The molecule has 1 fully saturated rings. The van der Waals surface area contributed by atoms with Crippen molar-refractivity contribution in [2.24, 2.45) is 0 Å². The molecule has 9 nitrogen and oxygen atoms in total. The van der Waals surface area contributed by atoms with Crippen LogP contribution in [0.1, 0.15) is 6.92 Å². The Labute approximate surface area is 170 Å². The average molecular weight is 416 g/mol. The minimum absolute atomic E-state index is 0.000954. The number of rotatable bonds is 3. The van der Waals surface area contributed by atoms with E-state index in [0.717, 1.165) is 0 Å². The van der Waals surface area contributed by atoms with Crippen LogP contribution in [0.5, 0.6) is 17.2 Å². The summed E-state index contributed by atoms with van der Waals surface area (Å²) in [4.78, 5) is 13.1. The standard InChI is InChI=1S/C21H20O9/c1-9-15(24)17(26)18(27)21(28-9)30-20-16(25)13-7-6-12(23)8-14(13)29-19(20)10-2-4-11(22)5-3-10/h2-9,15,17-18,21-24,26-27H,1H3. The van der Waals surface area contributed by atoms with E-state index in [-0.39, 0.29) is 34.0 Å². The predicted octanol–water partition coefficient (Wildman–Crippen LogP) is 1.08. The first-order chi connectivity index (χ1) is 14.3. The molecular formula is C21H20O9. The molecule has 1 aliphatic rings. The van der Waals surface area contributed by atoms with Crippen LogP contribution in [0.25, 0.3) is 22.3 Å². The molecule has 2 heterocycles. The number of hydrogen-bond acceptors (Lipinski definition) is 9. The van der Waals surface area contributed by atoms with E-state index in [1.54, 1.807) is 0 Å². The Hall–Kier alpha value is -3.11. The number of aliphatic hydroxyl groups excluding tert-OH is 3. The van der Waals surface area contributed by atoms with Gasteiger partial charge in [0.1, 0.15) is 35.4 Å². The Balaban J connectivity index is 1.86. The molecule has 0 saturated carbocycles. The molecule has 0 spiro atoms. The summed E-state index contributed by atoms with van der Waals surface area (Å²) in [5.41, 5.74) is -0.114. The van der Waals surface area contributed by atoms with Crippen molar-refractivity contribution in [2.75, 3.05) is 0 Å². The number of ether oxygens (including phenoxy) is 2. The van der Waals surface area contributed by atoms with Gasteiger partial charge in [0, 0.05) is 11.6 Å². The molecular weight excluding hydrogens is 396 g/mol. The highest BCUT2D eigenvalue weighted by atomic mass is 16.7. The maximum absolute atomic E-state index is 13.1. The van der Waals surface area contributed by atoms with Crippen LogP contribution < -0.4 is 10.2 Å². The predicted molar refractivity (Wildman–Crippen MR) is 104 cm³/mol. The highest BCUT2D eigenvalue weighted by Crippen LogP contribution is 2.34. The fraction of sp³-hybridized carbons (Fsp3) is 0.286. The summed E-state index contributed by atoms with van der Waals surface area (Å²) >= 11 is 0. The molecule has 9 heteroatoms. The van der Waals surface area contributed by atoms with Gasteiger partial charge in [0.25, 0.3) is 0 Å². The second-order valence-electron chi connectivity index (χ2n) is 7.12. The first-order valence-electron chi connectivity index (χ1n) is 9.22. The van der Waals surface area contributed by atoms with Crippen molar-refractivity contribution < 1.29 is 39.4 Å². The summed E-state index contributed by atoms with van der Waals surface area (Å²) in [5.74, 6) is -0.423. The topological polar surface area (TPSA) is 150 Å². The molecule has 1 aliphatic heterocycles. The fourth-order valence-corrected chi connectivity index (χ4v) is 3.30. The molecule has 2 aromatic carbocycles. The lowest BCUT2D eigenvalue weighted by atomic mass is 10.00. The lowest BCUT2D eigenvalue weighted by molar-refractivity contribution is -0.268. The van der Waals surface area contributed by atoms with Crippen LogP contribution >= 0.6 is 0 Å². The molecule has 158 valence electrons. The van der Waals surface area contributed by atoms with Gasteiger partial charge in [0.15, 0.2) is 5.76 Å². The minimum Gasteiger partial charge on any atom is -0.508 e. The minimum atomic E-state index is -1.63. The van der Waals surface area contributed by atoms with Crippen LogP contribution in [0, 0.1) is 0 Å². The molecule has 0 radical (unpaired) electrons. The van der Waals surface area contributed by atoms with Gasteiger partial charge in [-0.3, -0.25) is 4.79 Å². The van der Waals surface area contributed by atoms with Gasteiger partial charge in [-0.2, -0.15) is 0 Å². The lowest BCUT2D eigenvalue weighted by Gasteiger charge is -2.38. The molecule has 0 amide bonds. The van der Waals surface area contributed by atoms with Crippen LogP contribution in [0.4, 0.5) is 0 Å². The number of aromatic hydroxyl groups is 2. The average Bonchev–Trinajstić information content (AvgIpc) is 2.72. The molecule has 5 N–H and O–H groups in total. The molecule has 1 aromatic heterocycles. The van der Waals surface area contributed by atoms with Gasteiger partial charge in [0.05, 0.1) is 11.5 Å². The summed E-state index contributed by atoms with van der Waals surface area (Å²) in [6, 6.07) is 9.72. The zero-order valence-corrected chi connectivity index (χ0v) is 15.8. The zero-order chi connectivity index (χ0) is 21.6. The smallest absolute Gasteiger partial charge is 0.235 e. The van der Waals surface area contributed by atoms with E-state index in [9.17, 15) is 30.3 Å². The Morgan fingerprint density at radius 3 is 2.27 bits per heavy atom. The van der Waals surface area contributed by atoms with Gasteiger partial charge in [-0.05, 0) is 43.3 Å². The van der Waals surface area contributed by atoms with Gasteiger partial charge in [-0.1, -0.05) is 0 Å².